The molecule has 3 rings (SSSR count). The summed E-state index contributed by atoms with van der Waals surface area (Å²) in [7, 11) is -4.00. The van der Waals surface area contributed by atoms with Crippen LogP contribution in [0, 0.1) is 5.92 Å². The molecule has 0 saturated heterocycles. The van der Waals surface area contributed by atoms with Crippen molar-refractivity contribution in [2.45, 2.75) is 13.8 Å². The fraction of sp³-hybridized carbons (Fsp3) is 0.267. The van der Waals surface area contributed by atoms with Crippen molar-refractivity contribution in [2.24, 2.45) is 5.92 Å². The number of benzene rings is 1. The first-order chi connectivity index (χ1) is 10.9. The number of rotatable bonds is 5. The molecule has 3 N–H and O–H groups in total. The van der Waals surface area contributed by atoms with Crippen LogP contribution in [0.15, 0.2) is 34.7 Å². The number of phenolic OH excluding ortho intramolecular Hbond substituents is 1. The van der Waals surface area contributed by atoms with Crippen molar-refractivity contribution >= 4 is 24.1 Å². The van der Waals surface area contributed by atoms with Crippen LogP contribution >= 0.6 is 7.60 Å². The number of phenols is 1. The highest BCUT2D eigenvalue weighted by Gasteiger charge is 2.28. The molecule has 8 heteroatoms. The smallest absolute Gasteiger partial charge is 0.393 e. The van der Waals surface area contributed by atoms with Crippen molar-refractivity contribution in [1.29, 1.82) is 0 Å². The lowest BCUT2D eigenvalue weighted by molar-refractivity contribution is 0.233. The second-order valence-electron chi connectivity index (χ2n) is 5.61. The van der Waals surface area contributed by atoms with Gasteiger partial charge in [0.1, 0.15) is 11.3 Å². The van der Waals surface area contributed by atoms with Gasteiger partial charge in [-0.2, -0.15) is 0 Å². The highest BCUT2D eigenvalue weighted by molar-refractivity contribution is 7.60. The monoisotopic (exact) mass is 336 g/mol. The Morgan fingerprint density at radius 2 is 2.13 bits per heavy atom. The van der Waals surface area contributed by atoms with Crippen molar-refractivity contribution in [3.63, 3.8) is 0 Å². The molecule has 0 bridgehead atoms. The first kappa shape index (κ1) is 15.8. The van der Waals surface area contributed by atoms with Crippen molar-refractivity contribution in [2.75, 3.05) is 6.61 Å². The predicted molar refractivity (Wildman–Crippen MR) is 85.7 cm³/mol. The van der Waals surface area contributed by atoms with Gasteiger partial charge in [-0.1, -0.05) is 19.9 Å². The number of hydrogen-bond donors (Lipinski definition) is 3. The van der Waals surface area contributed by atoms with Gasteiger partial charge in [-0.25, -0.2) is 4.98 Å². The van der Waals surface area contributed by atoms with Crippen LogP contribution in [0.25, 0.3) is 22.6 Å². The SMILES string of the molecule is CC(C)COP(=O)(O)c1ccc(-c2nc3c(O)cccc3[nH]2)o1. The summed E-state index contributed by atoms with van der Waals surface area (Å²) < 4.78 is 22.6. The largest absolute Gasteiger partial charge is 0.506 e. The number of fused-ring (bicyclic) bond motifs is 1. The Morgan fingerprint density at radius 1 is 1.35 bits per heavy atom. The number of furan rings is 1. The van der Waals surface area contributed by atoms with Crippen LogP contribution in [0.2, 0.25) is 0 Å². The molecule has 1 atom stereocenters. The summed E-state index contributed by atoms with van der Waals surface area (Å²) >= 11 is 0. The lowest BCUT2D eigenvalue weighted by Crippen LogP contribution is -2.08. The van der Waals surface area contributed by atoms with E-state index in [2.05, 4.69) is 9.97 Å². The minimum Gasteiger partial charge on any atom is -0.506 e. The standard InChI is InChI=1S/C15H17N2O5P/c1-9(2)8-21-23(19,20)13-7-6-12(22-13)15-16-10-4-3-5-11(18)14(10)17-15/h3-7,9,18H,8H2,1-2H3,(H,16,17)(H,19,20). The lowest BCUT2D eigenvalue weighted by atomic mass is 10.2. The quantitative estimate of drug-likeness (QED) is 0.618. The van der Waals surface area contributed by atoms with E-state index >= 15 is 0 Å². The number of aromatic nitrogens is 2. The van der Waals surface area contributed by atoms with E-state index in [0.29, 0.717) is 16.9 Å². The highest BCUT2D eigenvalue weighted by Crippen LogP contribution is 2.42. The van der Waals surface area contributed by atoms with Gasteiger partial charge in [0, 0.05) is 0 Å². The molecule has 0 saturated carbocycles. The molecule has 0 radical (unpaired) electrons. The van der Waals surface area contributed by atoms with Crippen molar-refractivity contribution in [1.82, 2.24) is 9.97 Å². The minimum absolute atomic E-state index is 0.0462. The number of para-hydroxylation sites is 1. The van der Waals surface area contributed by atoms with Gasteiger partial charge in [0.25, 0.3) is 0 Å². The normalized spacial score (nSPS) is 14.4. The fourth-order valence-electron chi connectivity index (χ4n) is 2.05. The zero-order chi connectivity index (χ0) is 16.6. The number of aromatic amines is 1. The van der Waals surface area contributed by atoms with Gasteiger partial charge < -0.3 is 23.9 Å². The molecule has 0 amide bonds. The second kappa shape index (κ2) is 5.85. The van der Waals surface area contributed by atoms with Crippen LogP contribution in [-0.2, 0) is 9.09 Å². The molecule has 0 fully saturated rings. The molecule has 3 aromatic rings. The Balaban J connectivity index is 1.91. The van der Waals surface area contributed by atoms with Crippen LogP contribution in [0.5, 0.6) is 5.75 Å². The molecule has 0 aliphatic heterocycles. The summed E-state index contributed by atoms with van der Waals surface area (Å²) in [6.45, 7) is 3.92. The zero-order valence-electron chi connectivity index (χ0n) is 12.7. The number of H-pyrrole nitrogens is 1. The average molecular weight is 336 g/mol. The Bertz CT molecular complexity index is 883. The summed E-state index contributed by atoms with van der Waals surface area (Å²) in [4.78, 5) is 17.2. The van der Waals surface area contributed by atoms with Crippen LogP contribution in [0.1, 0.15) is 13.8 Å². The molecule has 122 valence electrons. The molecule has 1 aromatic carbocycles. The van der Waals surface area contributed by atoms with E-state index in [1.54, 1.807) is 12.1 Å². The van der Waals surface area contributed by atoms with Crippen LogP contribution in [-0.4, -0.2) is 26.6 Å². The van der Waals surface area contributed by atoms with Crippen molar-refractivity contribution in [3.05, 3.63) is 30.3 Å². The Morgan fingerprint density at radius 3 is 2.83 bits per heavy atom. The minimum atomic E-state index is -4.00. The maximum Gasteiger partial charge on any atom is 0.393 e. The van der Waals surface area contributed by atoms with Crippen LogP contribution < -0.4 is 5.50 Å². The Labute approximate surface area is 132 Å². The summed E-state index contributed by atoms with van der Waals surface area (Å²) in [6.07, 6.45) is 0. The lowest BCUT2D eigenvalue weighted by Gasteiger charge is -2.11. The van der Waals surface area contributed by atoms with E-state index in [0.717, 1.165) is 0 Å². The van der Waals surface area contributed by atoms with E-state index in [-0.39, 0.29) is 29.5 Å². The Hall–Kier alpha value is -2.08. The van der Waals surface area contributed by atoms with Crippen molar-refractivity contribution < 1.29 is 23.5 Å². The van der Waals surface area contributed by atoms with Gasteiger partial charge >= 0.3 is 7.60 Å². The predicted octanol–water partition coefficient (Wildman–Crippen LogP) is 3.01. The summed E-state index contributed by atoms with van der Waals surface area (Å²) in [5, 5.41) is 9.77. The van der Waals surface area contributed by atoms with Crippen LogP contribution in [0.4, 0.5) is 0 Å². The first-order valence-electron chi connectivity index (χ1n) is 7.12. The third kappa shape index (κ3) is 3.17. The number of imidazole rings is 1. The maximum absolute atomic E-state index is 12.2. The van der Waals surface area contributed by atoms with Crippen LogP contribution in [0.3, 0.4) is 0 Å². The molecule has 0 aliphatic carbocycles. The first-order valence-corrected chi connectivity index (χ1v) is 8.70. The zero-order valence-corrected chi connectivity index (χ0v) is 13.6. The number of nitrogens with zero attached hydrogens (tertiary/aromatic N) is 1. The maximum atomic E-state index is 12.2. The third-order valence-electron chi connectivity index (χ3n) is 3.18. The number of hydrogen-bond acceptors (Lipinski definition) is 5. The molecule has 2 heterocycles. The fourth-order valence-corrected chi connectivity index (χ4v) is 3.16. The average Bonchev–Trinajstić information content (AvgIpc) is 3.12. The van der Waals surface area contributed by atoms with E-state index < -0.39 is 7.60 Å². The van der Waals surface area contributed by atoms with E-state index in [4.69, 9.17) is 8.94 Å². The molecular formula is C15H17N2O5P. The van der Waals surface area contributed by atoms with Gasteiger partial charge in [0.05, 0.1) is 12.1 Å². The summed E-state index contributed by atoms with van der Waals surface area (Å²) in [5.74, 6) is 0.822. The molecule has 0 aliphatic rings. The van der Waals surface area contributed by atoms with E-state index in [1.165, 1.54) is 18.2 Å². The van der Waals surface area contributed by atoms with Crippen molar-refractivity contribution in [3.8, 4) is 17.3 Å². The molecule has 23 heavy (non-hydrogen) atoms. The van der Waals surface area contributed by atoms with Gasteiger partial charge in [-0.3, -0.25) is 4.57 Å². The van der Waals surface area contributed by atoms with E-state index in [9.17, 15) is 14.6 Å². The number of nitrogens with one attached hydrogen (secondary N) is 1. The summed E-state index contributed by atoms with van der Waals surface area (Å²) in [6, 6.07) is 7.91. The molecular weight excluding hydrogens is 319 g/mol. The number of aromatic hydroxyl groups is 1. The van der Waals surface area contributed by atoms with Gasteiger partial charge in [-0.05, 0) is 30.2 Å². The molecule has 1 unspecified atom stereocenters. The van der Waals surface area contributed by atoms with Gasteiger partial charge in [0.15, 0.2) is 11.6 Å². The van der Waals surface area contributed by atoms with Gasteiger partial charge in [0.2, 0.25) is 5.50 Å². The molecule has 7 nitrogen and oxygen atoms in total. The molecule has 2 aromatic heterocycles. The highest BCUT2D eigenvalue weighted by atomic mass is 31.2. The second-order valence-corrected chi connectivity index (χ2v) is 7.35. The Kier molecular flexibility index (Phi) is 4.02. The molecule has 0 spiro atoms. The topological polar surface area (TPSA) is 109 Å². The summed E-state index contributed by atoms with van der Waals surface area (Å²) in [5.41, 5.74) is 0.905. The third-order valence-corrected chi connectivity index (χ3v) is 4.47. The van der Waals surface area contributed by atoms with Gasteiger partial charge in [-0.15, -0.1) is 0 Å². The van der Waals surface area contributed by atoms with E-state index in [1.807, 2.05) is 13.8 Å².